The van der Waals surface area contributed by atoms with Crippen molar-refractivity contribution >= 4 is 11.6 Å². The summed E-state index contributed by atoms with van der Waals surface area (Å²) in [4.78, 5) is 12.0. The number of nitrogens with two attached hydrogens (primary N) is 1. The Labute approximate surface area is 114 Å². The Kier molecular flexibility index (Phi) is 3.45. The van der Waals surface area contributed by atoms with Gasteiger partial charge in [0.25, 0.3) is 0 Å². The average molecular weight is 258 g/mol. The van der Waals surface area contributed by atoms with Crippen LogP contribution in [-0.4, -0.2) is 5.91 Å². The summed E-state index contributed by atoms with van der Waals surface area (Å²) in [5.74, 6) is 2.54. The lowest BCUT2D eigenvalue weighted by Crippen LogP contribution is -2.27. The first kappa shape index (κ1) is 12.5. The molecule has 0 radical (unpaired) electrons. The van der Waals surface area contributed by atoms with E-state index in [-0.39, 0.29) is 5.91 Å². The molecule has 0 aromatic heterocycles. The number of nitrogens with one attached hydrogen (secondary N) is 1. The largest absolute Gasteiger partial charge is 0.398 e. The molecule has 3 unspecified atom stereocenters. The summed E-state index contributed by atoms with van der Waals surface area (Å²) in [6, 6.07) is 7.70. The third kappa shape index (κ3) is 2.75. The van der Waals surface area contributed by atoms with E-state index in [0.717, 1.165) is 23.1 Å². The Bertz CT molecular complexity index is 472. The van der Waals surface area contributed by atoms with Crippen LogP contribution in [0.3, 0.4) is 0 Å². The van der Waals surface area contributed by atoms with Gasteiger partial charge in [-0.1, -0.05) is 24.6 Å². The fourth-order valence-electron chi connectivity index (χ4n) is 3.83. The van der Waals surface area contributed by atoms with E-state index in [1.807, 2.05) is 24.3 Å². The molecule has 3 nitrogen and oxygen atoms in total. The van der Waals surface area contributed by atoms with Crippen LogP contribution in [0.5, 0.6) is 0 Å². The molecule has 3 atom stereocenters. The van der Waals surface area contributed by atoms with Gasteiger partial charge in [0.2, 0.25) is 5.91 Å². The fraction of sp³-hybridized carbons (Fsp3) is 0.562. The van der Waals surface area contributed by atoms with Gasteiger partial charge < -0.3 is 11.1 Å². The van der Waals surface area contributed by atoms with Crippen LogP contribution in [0.15, 0.2) is 24.3 Å². The molecule has 102 valence electrons. The second-order valence-corrected chi connectivity index (χ2v) is 6.11. The molecule has 2 aliphatic carbocycles. The van der Waals surface area contributed by atoms with Gasteiger partial charge in [0.1, 0.15) is 0 Å². The Morgan fingerprint density at radius 1 is 1.26 bits per heavy atom. The summed E-state index contributed by atoms with van der Waals surface area (Å²) in [7, 11) is 0. The van der Waals surface area contributed by atoms with Gasteiger partial charge in [-0.3, -0.25) is 4.79 Å². The fourth-order valence-corrected chi connectivity index (χ4v) is 3.83. The second-order valence-electron chi connectivity index (χ2n) is 6.11. The molecule has 0 heterocycles. The van der Waals surface area contributed by atoms with Crippen LogP contribution in [0, 0.1) is 17.8 Å². The average Bonchev–Trinajstić information content (AvgIpc) is 3.00. The van der Waals surface area contributed by atoms with Crippen LogP contribution in [0.1, 0.15) is 37.7 Å². The quantitative estimate of drug-likeness (QED) is 0.816. The zero-order valence-corrected chi connectivity index (χ0v) is 11.3. The maximum atomic E-state index is 12.0. The Hall–Kier alpha value is -1.51. The molecule has 1 aromatic carbocycles. The molecule has 0 aliphatic heterocycles. The van der Waals surface area contributed by atoms with Gasteiger partial charge in [0, 0.05) is 18.7 Å². The van der Waals surface area contributed by atoms with Crippen molar-refractivity contribution in [2.24, 2.45) is 17.8 Å². The van der Waals surface area contributed by atoms with Crippen LogP contribution >= 0.6 is 0 Å². The summed E-state index contributed by atoms with van der Waals surface area (Å²) >= 11 is 0. The van der Waals surface area contributed by atoms with Crippen LogP contribution in [-0.2, 0) is 11.3 Å². The summed E-state index contributed by atoms with van der Waals surface area (Å²) in [5, 5.41) is 3.01. The molecule has 3 rings (SSSR count). The van der Waals surface area contributed by atoms with Gasteiger partial charge in [0.15, 0.2) is 0 Å². The highest BCUT2D eigenvalue weighted by Crippen LogP contribution is 2.49. The molecule has 2 fully saturated rings. The Morgan fingerprint density at radius 3 is 2.79 bits per heavy atom. The molecule has 1 amide bonds. The van der Waals surface area contributed by atoms with Crippen molar-refractivity contribution in [3.05, 3.63) is 29.8 Å². The molecule has 3 heteroatoms. The number of rotatable bonds is 4. The van der Waals surface area contributed by atoms with E-state index in [0.29, 0.717) is 18.9 Å². The number of carbonyl (C=O) groups excluding carboxylic acids is 1. The van der Waals surface area contributed by atoms with Crippen molar-refractivity contribution in [3.63, 3.8) is 0 Å². The monoisotopic (exact) mass is 258 g/mol. The van der Waals surface area contributed by atoms with Gasteiger partial charge in [-0.05, 0) is 48.6 Å². The summed E-state index contributed by atoms with van der Waals surface area (Å²) in [6.45, 7) is 0.548. The summed E-state index contributed by atoms with van der Waals surface area (Å²) in [5.41, 5.74) is 7.62. The number of amides is 1. The highest BCUT2D eigenvalue weighted by atomic mass is 16.1. The van der Waals surface area contributed by atoms with E-state index in [1.54, 1.807) is 0 Å². The maximum absolute atomic E-state index is 12.0. The Morgan fingerprint density at radius 2 is 2.11 bits per heavy atom. The zero-order chi connectivity index (χ0) is 13.2. The predicted molar refractivity (Wildman–Crippen MR) is 76.3 cm³/mol. The van der Waals surface area contributed by atoms with Crippen molar-refractivity contribution in [2.45, 2.75) is 38.6 Å². The molecule has 1 aromatic rings. The van der Waals surface area contributed by atoms with Crippen molar-refractivity contribution < 1.29 is 4.79 Å². The molecular formula is C16H22N2O. The molecular weight excluding hydrogens is 236 g/mol. The number of hydrogen-bond acceptors (Lipinski definition) is 2. The lowest BCUT2D eigenvalue weighted by atomic mass is 9.86. The highest BCUT2D eigenvalue weighted by Gasteiger charge is 2.39. The van der Waals surface area contributed by atoms with Gasteiger partial charge in [-0.25, -0.2) is 0 Å². The number of carbonyl (C=O) groups is 1. The van der Waals surface area contributed by atoms with Crippen LogP contribution in [0.2, 0.25) is 0 Å². The molecule has 2 saturated carbocycles. The first-order valence-electron chi connectivity index (χ1n) is 7.32. The standard InChI is InChI=1S/C16H22N2O/c17-15-4-2-1-3-13(15)10-18-16(19)9-14-8-11-5-6-12(14)7-11/h1-4,11-12,14H,5-10,17H2,(H,18,19). The van der Waals surface area contributed by atoms with Crippen molar-refractivity contribution in [2.75, 3.05) is 5.73 Å². The van der Waals surface area contributed by atoms with Gasteiger partial charge in [-0.2, -0.15) is 0 Å². The number of nitrogen functional groups attached to an aromatic ring is 1. The minimum atomic E-state index is 0.181. The zero-order valence-electron chi connectivity index (χ0n) is 11.3. The second kappa shape index (κ2) is 5.24. The molecule has 0 saturated heterocycles. The Balaban J connectivity index is 1.48. The predicted octanol–water partition coefficient (Wildman–Crippen LogP) is 2.71. The van der Waals surface area contributed by atoms with E-state index in [2.05, 4.69) is 5.32 Å². The first-order chi connectivity index (χ1) is 9.22. The maximum Gasteiger partial charge on any atom is 0.220 e. The minimum absolute atomic E-state index is 0.181. The smallest absolute Gasteiger partial charge is 0.220 e. The summed E-state index contributed by atoms with van der Waals surface area (Å²) < 4.78 is 0. The normalized spacial score (nSPS) is 28.5. The molecule has 2 aliphatic rings. The van der Waals surface area contributed by atoms with Gasteiger partial charge >= 0.3 is 0 Å². The van der Waals surface area contributed by atoms with Crippen molar-refractivity contribution in [1.82, 2.24) is 5.32 Å². The minimum Gasteiger partial charge on any atom is -0.398 e. The van der Waals surface area contributed by atoms with E-state index in [9.17, 15) is 4.79 Å². The molecule has 0 spiro atoms. The van der Waals surface area contributed by atoms with Crippen LogP contribution < -0.4 is 11.1 Å². The lowest BCUT2D eigenvalue weighted by Gasteiger charge is -2.21. The number of hydrogen-bond donors (Lipinski definition) is 2. The highest BCUT2D eigenvalue weighted by molar-refractivity contribution is 5.76. The lowest BCUT2D eigenvalue weighted by molar-refractivity contribution is -0.122. The first-order valence-corrected chi connectivity index (χ1v) is 7.32. The number of benzene rings is 1. The number of para-hydroxylation sites is 1. The van der Waals surface area contributed by atoms with Gasteiger partial charge in [-0.15, -0.1) is 0 Å². The third-order valence-electron chi connectivity index (χ3n) is 4.86. The SMILES string of the molecule is Nc1ccccc1CNC(=O)CC1CC2CCC1C2. The summed E-state index contributed by atoms with van der Waals surface area (Å²) in [6.07, 6.45) is 6.07. The third-order valence-corrected chi connectivity index (χ3v) is 4.86. The van der Waals surface area contributed by atoms with Gasteiger partial charge in [0.05, 0.1) is 0 Å². The van der Waals surface area contributed by atoms with Crippen molar-refractivity contribution in [1.29, 1.82) is 0 Å². The van der Waals surface area contributed by atoms with E-state index in [1.165, 1.54) is 25.7 Å². The van der Waals surface area contributed by atoms with E-state index >= 15 is 0 Å². The van der Waals surface area contributed by atoms with Crippen molar-refractivity contribution in [3.8, 4) is 0 Å². The molecule has 2 bridgehead atoms. The van der Waals surface area contributed by atoms with Crippen LogP contribution in [0.4, 0.5) is 5.69 Å². The van der Waals surface area contributed by atoms with E-state index in [4.69, 9.17) is 5.73 Å². The molecule has 19 heavy (non-hydrogen) atoms. The number of anilines is 1. The topological polar surface area (TPSA) is 55.1 Å². The number of fused-ring (bicyclic) bond motifs is 2. The molecule has 3 N–H and O–H groups in total. The van der Waals surface area contributed by atoms with Crippen LogP contribution in [0.25, 0.3) is 0 Å². The van der Waals surface area contributed by atoms with E-state index < -0.39 is 0 Å².